The molecule has 2 amide bonds. The van der Waals surface area contributed by atoms with Gasteiger partial charge >= 0.3 is 0 Å². The molecule has 2 saturated heterocycles. The first kappa shape index (κ1) is 21.6. The predicted molar refractivity (Wildman–Crippen MR) is 127 cm³/mol. The highest BCUT2D eigenvalue weighted by Gasteiger charge is 2.35. The number of carbonyl (C=O) groups excluding carboxylic acids is 2. The van der Waals surface area contributed by atoms with E-state index in [1.54, 1.807) is 4.90 Å². The fraction of sp³-hybridized carbons (Fsp3) is 0.440. The minimum absolute atomic E-state index is 0.0617. The minimum Gasteiger partial charge on any atom is -0.486 e. The van der Waals surface area contributed by atoms with E-state index in [1.165, 1.54) is 5.69 Å². The average Bonchev–Trinajstić information content (AvgIpc) is 3.26. The average molecular weight is 451 g/mol. The highest BCUT2D eigenvalue weighted by Crippen LogP contribution is 2.36. The molecule has 1 atom stereocenters. The summed E-state index contributed by atoms with van der Waals surface area (Å²) in [6.07, 6.45) is 0.195. The first-order valence-electron chi connectivity index (χ1n) is 11.7. The number of rotatable bonds is 5. The van der Waals surface area contributed by atoms with E-state index in [2.05, 4.69) is 34.2 Å². The van der Waals surface area contributed by atoms with E-state index in [9.17, 15) is 9.59 Å². The van der Waals surface area contributed by atoms with E-state index in [0.29, 0.717) is 31.3 Å². The monoisotopic (exact) mass is 450 g/mol. The Morgan fingerprint density at radius 3 is 2.39 bits per heavy atom. The minimum atomic E-state index is -0.396. The number of likely N-dealkylation sites (N-methyl/N-ethyl adjacent to an activating group) is 1. The van der Waals surface area contributed by atoms with Crippen LogP contribution in [0.15, 0.2) is 42.5 Å². The highest BCUT2D eigenvalue weighted by atomic mass is 16.6. The molecule has 0 radical (unpaired) electrons. The number of ether oxygens (including phenoxy) is 2. The lowest BCUT2D eigenvalue weighted by Crippen LogP contribution is -2.46. The molecule has 1 N–H and O–H groups in total. The number of nitrogens with one attached hydrogen (secondary N) is 1. The second-order valence-corrected chi connectivity index (χ2v) is 8.69. The third kappa shape index (κ3) is 4.61. The summed E-state index contributed by atoms with van der Waals surface area (Å²) in [5.74, 6) is 0.728. The second kappa shape index (κ2) is 9.31. The zero-order valence-electron chi connectivity index (χ0n) is 19.0. The molecule has 8 nitrogen and oxygen atoms in total. The van der Waals surface area contributed by atoms with Crippen molar-refractivity contribution < 1.29 is 19.1 Å². The molecule has 0 aromatic heterocycles. The van der Waals surface area contributed by atoms with E-state index in [0.717, 1.165) is 44.1 Å². The third-order valence-electron chi connectivity index (χ3n) is 6.65. The topological polar surface area (TPSA) is 74.4 Å². The van der Waals surface area contributed by atoms with Crippen LogP contribution in [-0.4, -0.2) is 69.2 Å². The summed E-state index contributed by atoms with van der Waals surface area (Å²) in [6, 6.07) is 13.4. The number of anilines is 3. The standard InChI is InChI=1S/C25H30N4O4/c1-2-27-9-11-28(12-10-27)20-5-3-19(4-6-20)26-25(31)18-15-24(30)29(17-18)21-7-8-22-23(16-21)33-14-13-32-22/h3-8,16,18H,2,9-15,17H2,1H3,(H,26,31)/t18-/m0/s1. The Kier molecular flexibility index (Phi) is 6.09. The molecule has 0 unspecified atom stereocenters. The summed E-state index contributed by atoms with van der Waals surface area (Å²) in [4.78, 5) is 32.0. The molecule has 2 aromatic carbocycles. The molecule has 3 aliphatic heterocycles. The molecule has 0 bridgehead atoms. The summed E-state index contributed by atoms with van der Waals surface area (Å²) in [6.45, 7) is 8.82. The zero-order chi connectivity index (χ0) is 22.8. The van der Waals surface area contributed by atoms with E-state index < -0.39 is 5.92 Å². The SMILES string of the molecule is CCN1CCN(c2ccc(NC(=O)[C@H]3CC(=O)N(c4ccc5c(c4)OCCO5)C3)cc2)CC1. The Morgan fingerprint density at radius 1 is 0.970 bits per heavy atom. The van der Waals surface area contributed by atoms with Crippen LogP contribution in [0.25, 0.3) is 0 Å². The molecule has 3 aliphatic rings. The number of amides is 2. The maximum Gasteiger partial charge on any atom is 0.229 e. The maximum absolute atomic E-state index is 12.9. The van der Waals surface area contributed by atoms with Gasteiger partial charge in [0.05, 0.1) is 5.92 Å². The Hall–Kier alpha value is -3.26. The lowest BCUT2D eigenvalue weighted by molar-refractivity contribution is -0.122. The van der Waals surface area contributed by atoms with Crippen LogP contribution < -0.4 is 24.6 Å². The summed E-state index contributed by atoms with van der Waals surface area (Å²) < 4.78 is 11.2. The van der Waals surface area contributed by atoms with E-state index in [-0.39, 0.29) is 18.2 Å². The number of benzene rings is 2. The van der Waals surface area contributed by atoms with Crippen molar-refractivity contribution in [2.24, 2.45) is 5.92 Å². The van der Waals surface area contributed by atoms with Crippen molar-refractivity contribution in [3.05, 3.63) is 42.5 Å². The second-order valence-electron chi connectivity index (χ2n) is 8.69. The Labute approximate surface area is 194 Å². The van der Waals surface area contributed by atoms with Crippen LogP contribution in [0.3, 0.4) is 0 Å². The normalized spacial score (nSPS) is 20.8. The Bertz CT molecular complexity index is 1020. The van der Waals surface area contributed by atoms with E-state index >= 15 is 0 Å². The largest absolute Gasteiger partial charge is 0.486 e. The van der Waals surface area contributed by atoms with Crippen LogP contribution in [0.4, 0.5) is 17.1 Å². The summed E-state index contributed by atoms with van der Waals surface area (Å²) in [5, 5.41) is 2.98. The van der Waals surface area contributed by atoms with Crippen LogP contribution in [0, 0.1) is 5.92 Å². The van der Waals surface area contributed by atoms with Crippen molar-refractivity contribution in [2.75, 3.05) is 67.6 Å². The van der Waals surface area contributed by atoms with Gasteiger partial charge in [-0.3, -0.25) is 9.59 Å². The number of piperazine rings is 1. The molecule has 0 saturated carbocycles. The fourth-order valence-corrected chi connectivity index (χ4v) is 4.65. The third-order valence-corrected chi connectivity index (χ3v) is 6.65. The number of hydrogen-bond donors (Lipinski definition) is 1. The molecular weight excluding hydrogens is 420 g/mol. The van der Waals surface area contributed by atoms with E-state index in [1.807, 2.05) is 30.3 Å². The van der Waals surface area contributed by atoms with Crippen LogP contribution >= 0.6 is 0 Å². The van der Waals surface area contributed by atoms with Gasteiger partial charge in [-0.05, 0) is 42.9 Å². The number of carbonyl (C=O) groups is 2. The van der Waals surface area contributed by atoms with Gasteiger partial charge < -0.3 is 29.5 Å². The van der Waals surface area contributed by atoms with Crippen LogP contribution in [0.1, 0.15) is 13.3 Å². The number of fused-ring (bicyclic) bond motifs is 1. The van der Waals surface area contributed by atoms with Gasteiger partial charge in [0.1, 0.15) is 13.2 Å². The van der Waals surface area contributed by atoms with E-state index in [4.69, 9.17) is 9.47 Å². The van der Waals surface area contributed by atoms with Crippen molar-refractivity contribution >= 4 is 28.9 Å². The number of nitrogens with zero attached hydrogens (tertiary/aromatic N) is 3. The molecule has 2 fully saturated rings. The lowest BCUT2D eigenvalue weighted by atomic mass is 10.1. The first-order valence-corrected chi connectivity index (χ1v) is 11.7. The maximum atomic E-state index is 12.9. The predicted octanol–water partition coefficient (Wildman–Crippen LogP) is 2.59. The molecule has 3 heterocycles. The van der Waals surface area contributed by atoms with Gasteiger partial charge in [-0.15, -0.1) is 0 Å². The van der Waals surface area contributed by atoms with Crippen molar-refractivity contribution in [3.8, 4) is 11.5 Å². The molecule has 174 valence electrons. The Morgan fingerprint density at radius 2 is 1.67 bits per heavy atom. The molecule has 0 aliphatic carbocycles. The summed E-state index contributed by atoms with van der Waals surface area (Å²) >= 11 is 0. The molecule has 0 spiro atoms. The zero-order valence-corrected chi connectivity index (χ0v) is 19.0. The Balaban J connectivity index is 1.19. The summed E-state index contributed by atoms with van der Waals surface area (Å²) in [7, 11) is 0. The van der Waals surface area contributed by atoms with Gasteiger partial charge in [-0.1, -0.05) is 6.92 Å². The van der Waals surface area contributed by atoms with Crippen LogP contribution in [0.5, 0.6) is 11.5 Å². The van der Waals surface area contributed by atoms with Gasteiger partial charge in [-0.2, -0.15) is 0 Å². The first-order chi connectivity index (χ1) is 16.1. The van der Waals surface area contributed by atoms with Crippen molar-refractivity contribution in [1.82, 2.24) is 4.90 Å². The lowest BCUT2D eigenvalue weighted by Gasteiger charge is -2.35. The fourth-order valence-electron chi connectivity index (χ4n) is 4.65. The van der Waals surface area contributed by atoms with Crippen LogP contribution in [0.2, 0.25) is 0 Å². The quantitative estimate of drug-likeness (QED) is 0.755. The van der Waals surface area contributed by atoms with Gasteiger partial charge in [-0.25, -0.2) is 0 Å². The smallest absolute Gasteiger partial charge is 0.229 e. The molecule has 33 heavy (non-hydrogen) atoms. The van der Waals surface area contributed by atoms with Crippen LogP contribution in [-0.2, 0) is 9.59 Å². The van der Waals surface area contributed by atoms with Crippen molar-refractivity contribution in [3.63, 3.8) is 0 Å². The van der Waals surface area contributed by atoms with Crippen molar-refractivity contribution in [2.45, 2.75) is 13.3 Å². The van der Waals surface area contributed by atoms with Gasteiger partial charge in [0.25, 0.3) is 0 Å². The van der Waals surface area contributed by atoms with Crippen molar-refractivity contribution in [1.29, 1.82) is 0 Å². The van der Waals surface area contributed by atoms with Gasteiger partial charge in [0.15, 0.2) is 11.5 Å². The van der Waals surface area contributed by atoms with Gasteiger partial charge in [0, 0.05) is 62.3 Å². The summed E-state index contributed by atoms with van der Waals surface area (Å²) in [5.41, 5.74) is 2.65. The number of hydrogen-bond acceptors (Lipinski definition) is 6. The highest BCUT2D eigenvalue weighted by molar-refractivity contribution is 6.03. The molecule has 8 heteroatoms. The molecule has 5 rings (SSSR count). The molecule has 2 aromatic rings. The van der Waals surface area contributed by atoms with Gasteiger partial charge in [0.2, 0.25) is 11.8 Å². The molecular formula is C25H30N4O4.